The van der Waals surface area contributed by atoms with Crippen molar-refractivity contribution in [1.82, 2.24) is 19.6 Å². The van der Waals surface area contributed by atoms with Gasteiger partial charge < -0.3 is 0 Å². The molecule has 0 aromatic carbocycles. The summed E-state index contributed by atoms with van der Waals surface area (Å²) in [6.07, 6.45) is 4.45. The van der Waals surface area contributed by atoms with Crippen molar-refractivity contribution in [3.05, 3.63) is 48.9 Å². The molecule has 0 fully saturated rings. The highest BCUT2D eigenvalue weighted by Crippen LogP contribution is 2.12. The van der Waals surface area contributed by atoms with Crippen molar-refractivity contribution in [3.63, 3.8) is 0 Å². The van der Waals surface area contributed by atoms with Gasteiger partial charge in [0.25, 0.3) is 16.0 Å². The van der Waals surface area contributed by atoms with Gasteiger partial charge in [-0.1, -0.05) is 6.07 Å². The fraction of sp³-hybridized carbons (Fsp3) is 0. The lowest BCUT2D eigenvalue weighted by Gasteiger charge is -2.02. The van der Waals surface area contributed by atoms with Crippen molar-refractivity contribution in [3.8, 4) is 0 Å². The molecule has 0 aliphatic rings. The average molecular weight is 275 g/mol. The molecule has 3 aromatic rings. The Labute approximate surface area is 109 Å². The van der Waals surface area contributed by atoms with E-state index in [-0.39, 0.29) is 10.8 Å². The van der Waals surface area contributed by atoms with Gasteiger partial charge in [0.1, 0.15) is 4.90 Å². The lowest BCUT2D eigenvalue weighted by atomic mass is 10.5. The highest BCUT2D eigenvalue weighted by Gasteiger charge is 2.16. The van der Waals surface area contributed by atoms with Gasteiger partial charge in [0.05, 0.1) is 0 Å². The molecule has 1 N–H and O–H groups in total. The van der Waals surface area contributed by atoms with E-state index in [1.165, 1.54) is 23.0 Å². The number of nitrogens with zero attached hydrogens (tertiary/aromatic N) is 4. The molecule has 0 aliphatic heterocycles. The Balaban J connectivity index is 1.97. The molecule has 19 heavy (non-hydrogen) atoms. The van der Waals surface area contributed by atoms with Crippen LogP contribution in [-0.2, 0) is 10.0 Å². The van der Waals surface area contributed by atoms with E-state index in [1.54, 1.807) is 30.5 Å². The molecule has 0 spiro atoms. The smallest absolute Gasteiger partial charge is 0.263 e. The van der Waals surface area contributed by atoms with Crippen LogP contribution >= 0.6 is 0 Å². The molecule has 8 heteroatoms. The standard InChI is InChI=1S/C11H9N5O2S/c17-19(18,9-4-3-6-12-8-9)15-11-13-10-5-1-2-7-16(10)14-11/h1-8H,(H,14,15). The van der Waals surface area contributed by atoms with Gasteiger partial charge in [0.15, 0.2) is 5.65 Å². The monoisotopic (exact) mass is 275 g/mol. The van der Waals surface area contributed by atoms with Gasteiger partial charge in [-0.3, -0.25) is 4.98 Å². The molecule has 0 atom stereocenters. The summed E-state index contributed by atoms with van der Waals surface area (Å²) in [6.45, 7) is 0. The number of sulfonamides is 1. The summed E-state index contributed by atoms with van der Waals surface area (Å²) in [5, 5.41) is 4.02. The van der Waals surface area contributed by atoms with Gasteiger partial charge in [-0.05, 0) is 24.3 Å². The number of hydrogen-bond acceptors (Lipinski definition) is 5. The number of aromatic nitrogens is 4. The van der Waals surface area contributed by atoms with Crippen LogP contribution in [0.3, 0.4) is 0 Å². The van der Waals surface area contributed by atoms with E-state index in [4.69, 9.17) is 0 Å². The first-order valence-electron chi connectivity index (χ1n) is 5.39. The van der Waals surface area contributed by atoms with E-state index in [9.17, 15) is 8.42 Å². The van der Waals surface area contributed by atoms with Gasteiger partial charge in [-0.2, -0.15) is 4.98 Å². The van der Waals surface area contributed by atoms with E-state index >= 15 is 0 Å². The predicted octanol–water partition coefficient (Wildman–Crippen LogP) is 0.925. The Kier molecular flexibility index (Phi) is 2.64. The molecule has 0 unspecified atom stereocenters. The minimum atomic E-state index is -3.71. The van der Waals surface area contributed by atoms with Crippen LogP contribution in [0.15, 0.2) is 53.8 Å². The van der Waals surface area contributed by atoms with E-state index in [2.05, 4.69) is 19.8 Å². The fourth-order valence-electron chi connectivity index (χ4n) is 1.56. The minimum Gasteiger partial charge on any atom is -0.263 e. The number of pyridine rings is 2. The highest BCUT2D eigenvalue weighted by molar-refractivity contribution is 7.92. The van der Waals surface area contributed by atoms with Gasteiger partial charge in [0.2, 0.25) is 0 Å². The zero-order chi connectivity index (χ0) is 13.3. The zero-order valence-electron chi connectivity index (χ0n) is 9.63. The van der Waals surface area contributed by atoms with Crippen LogP contribution in [0.4, 0.5) is 5.95 Å². The number of fused-ring (bicyclic) bond motifs is 1. The number of rotatable bonds is 3. The Morgan fingerprint density at radius 1 is 1.16 bits per heavy atom. The third-order valence-corrected chi connectivity index (χ3v) is 3.73. The maximum absolute atomic E-state index is 12.0. The van der Waals surface area contributed by atoms with E-state index in [1.807, 2.05) is 0 Å². The maximum Gasteiger partial charge on any atom is 0.265 e. The molecule has 3 rings (SSSR count). The Bertz CT molecular complexity index is 780. The van der Waals surface area contributed by atoms with Crippen LogP contribution in [0.2, 0.25) is 0 Å². The van der Waals surface area contributed by atoms with Crippen LogP contribution in [0, 0.1) is 0 Å². The van der Waals surface area contributed by atoms with Crippen molar-refractivity contribution in [1.29, 1.82) is 0 Å². The summed E-state index contributed by atoms with van der Waals surface area (Å²) in [5.74, 6) is 0.0232. The average Bonchev–Trinajstić information content (AvgIpc) is 2.81. The van der Waals surface area contributed by atoms with Gasteiger partial charge >= 0.3 is 0 Å². The molecular formula is C11H9N5O2S. The van der Waals surface area contributed by atoms with Crippen molar-refractivity contribution in [2.24, 2.45) is 0 Å². The molecular weight excluding hydrogens is 266 g/mol. The van der Waals surface area contributed by atoms with Crippen molar-refractivity contribution >= 4 is 21.6 Å². The number of anilines is 1. The van der Waals surface area contributed by atoms with E-state index in [0.29, 0.717) is 5.65 Å². The molecule has 0 amide bonds. The normalized spacial score (nSPS) is 11.6. The second kappa shape index (κ2) is 4.32. The SMILES string of the molecule is O=S(=O)(Nc1nc2ccccn2n1)c1cccnc1. The molecule has 0 saturated carbocycles. The Morgan fingerprint density at radius 3 is 2.79 bits per heavy atom. The summed E-state index contributed by atoms with van der Waals surface area (Å²) in [5.41, 5.74) is 0.561. The Morgan fingerprint density at radius 2 is 2.05 bits per heavy atom. The predicted molar refractivity (Wildman–Crippen MR) is 68.0 cm³/mol. The summed E-state index contributed by atoms with van der Waals surface area (Å²) >= 11 is 0. The first-order chi connectivity index (χ1) is 9.15. The number of hydrogen-bond donors (Lipinski definition) is 1. The quantitative estimate of drug-likeness (QED) is 0.768. The van der Waals surface area contributed by atoms with Crippen LogP contribution in [0.1, 0.15) is 0 Å². The van der Waals surface area contributed by atoms with Crippen LogP contribution in [0.25, 0.3) is 5.65 Å². The summed E-state index contributed by atoms with van der Waals surface area (Å²) < 4.78 is 27.9. The highest BCUT2D eigenvalue weighted by atomic mass is 32.2. The van der Waals surface area contributed by atoms with Crippen molar-refractivity contribution in [2.75, 3.05) is 4.72 Å². The molecule has 7 nitrogen and oxygen atoms in total. The van der Waals surface area contributed by atoms with E-state index < -0.39 is 10.0 Å². The van der Waals surface area contributed by atoms with Gasteiger partial charge in [0, 0.05) is 18.6 Å². The molecule has 3 aromatic heterocycles. The van der Waals surface area contributed by atoms with Gasteiger partial charge in [-0.25, -0.2) is 17.7 Å². The third kappa shape index (κ3) is 2.25. The van der Waals surface area contributed by atoms with Crippen molar-refractivity contribution < 1.29 is 8.42 Å². The van der Waals surface area contributed by atoms with Crippen molar-refractivity contribution in [2.45, 2.75) is 4.90 Å². The summed E-state index contributed by atoms with van der Waals surface area (Å²) in [4.78, 5) is 7.90. The Hall–Kier alpha value is -2.48. The van der Waals surface area contributed by atoms with Crippen LogP contribution in [0.5, 0.6) is 0 Å². The topological polar surface area (TPSA) is 89.2 Å². The number of nitrogens with one attached hydrogen (secondary N) is 1. The molecule has 3 heterocycles. The summed E-state index contributed by atoms with van der Waals surface area (Å²) in [7, 11) is -3.71. The van der Waals surface area contributed by atoms with E-state index in [0.717, 1.165) is 0 Å². The largest absolute Gasteiger partial charge is 0.265 e. The summed E-state index contributed by atoms with van der Waals surface area (Å²) in [6, 6.07) is 8.30. The minimum absolute atomic E-state index is 0.0232. The molecule has 0 radical (unpaired) electrons. The maximum atomic E-state index is 12.0. The fourth-order valence-corrected chi connectivity index (χ4v) is 2.46. The second-order valence-electron chi connectivity index (χ2n) is 3.73. The molecule has 0 aliphatic carbocycles. The van der Waals surface area contributed by atoms with Crippen LogP contribution in [-0.4, -0.2) is 28.0 Å². The molecule has 96 valence electrons. The second-order valence-corrected chi connectivity index (χ2v) is 5.42. The van der Waals surface area contributed by atoms with Gasteiger partial charge in [-0.15, -0.1) is 5.10 Å². The molecule has 0 bridgehead atoms. The third-order valence-electron chi connectivity index (χ3n) is 2.41. The zero-order valence-corrected chi connectivity index (χ0v) is 10.4. The lowest BCUT2D eigenvalue weighted by Crippen LogP contribution is -2.14. The first-order valence-corrected chi connectivity index (χ1v) is 6.88. The van der Waals surface area contributed by atoms with Crippen LogP contribution < -0.4 is 4.72 Å². The lowest BCUT2D eigenvalue weighted by molar-refractivity contribution is 0.600. The molecule has 0 saturated heterocycles. The first kappa shape index (κ1) is 11.6.